The zero-order chi connectivity index (χ0) is 19.6. The van der Waals surface area contributed by atoms with Gasteiger partial charge in [-0.25, -0.2) is 0 Å². The van der Waals surface area contributed by atoms with Crippen LogP contribution in [0.3, 0.4) is 0 Å². The predicted octanol–water partition coefficient (Wildman–Crippen LogP) is 3.46. The first-order valence-corrected chi connectivity index (χ1v) is 10.0. The second-order valence-corrected chi connectivity index (χ2v) is 8.53. The number of ketones is 1. The number of amides is 2. The minimum Gasteiger partial charge on any atom is -0.352 e. The summed E-state index contributed by atoms with van der Waals surface area (Å²) < 4.78 is 0.859. The molecule has 2 saturated heterocycles. The number of anilines is 1. The number of hydrogen-bond acceptors (Lipinski definition) is 4. The standard InChI is InChI=1S/C21H14BrClN2O3/c22-12-5-1-11(2-6-12)19(26)18-17-16(20(27)24-21(17)28)14-8-4-10-3-7-13(23)9-15(10)25(14)18/h1-9,14,16-18H,(H,24,27,28). The molecule has 2 fully saturated rings. The van der Waals surface area contributed by atoms with Crippen molar-refractivity contribution in [2.45, 2.75) is 12.1 Å². The van der Waals surface area contributed by atoms with Gasteiger partial charge in [-0.05, 0) is 29.8 Å². The number of nitrogens with one attached hydrogen (secondary N) is 1. The van der Waals surface area contributed by atoms with Crippen molar-refractivity contribution < 1.29 is 14.4 Å². The molecule has 1 N–H and O–H groups in total. The van der Waals surface area contributed by atoms with E-state index >= 15 is 0 Å². The fourth-order valence-electron chi connectivity index (χ4n) is 4.53. The summed E-state index contributed by atoms with van der Waals surface area (Å²) in [4.78, 5) is 40.5. The first kappa shape index (κ1) is 17.6. The van der Waals surface area contributed by atoms with E-state index in [-0.39, 0.29) is 17.7 Å². The fourth-order valence-corrected chi connectivity index (χ4v) is 4.96. The van der Waals surface area contributed by atoms with Crippen LogP contribution in [0.2, 0.25) is 5.02 Å². The normalized spacial score (nSPS) is 27.3. The zero-order valence-electron chi connectivity index (χ0n) is 14.4. The second kappa shape index (κ2) is 6.29. The first-order valence-electron chi connectivity index (χ1n) is 8.86. The zero-order valence-corrected chi connectivity index (χ0v) is 16.8. The molecule has 5 rings (SSSR count). The highest BCUT2D eigenvalue weighted by Crippen LogP contribution is 2.47. The summed E-state index contributed by atoms with van der Waals surface area (Å²) in [7, 11) is 0. The lowest BCUT2D eigenvalue weighted by molar-refractivity contribution is -0.126. The maximum absolute atomic E-state index is 13.5. The van der Waals surface area contributed by atoms with Crippen LogP contribution < -0.4 is 10.2 Å². The van der Waals surface area contributed by atoms with Gasteiger partial charge in [-0.2, -0.15) is 0 Å². The van der Waals surface area contributed by atoms with Crippen LogP contribution in [0.4, 0.5) is 5.69 Å². The molecule has 4 unspecified atom stereocenters. The molecule has 2 aromatic carbocycles. The first-order chi connectivity index (χ1) is 13.5. The monoisotopic (exact) mass is 456 g/mol. The number of halogens is 2. The van der Waals surface area contributed by atoms with Crippen LogP contribution in [0.5, 0.6) is 0 Å². The van der Waals surface area contributed by atoms with Gasteiger partial charge in [-0.15, -0.1) is 0 Å². The number of carbonyl (C=O) groups excluding carboxylic acids is 3. The highest BCUT2D eigenvalue weighted by molar-refractivity contribution is 9.10. The largest absolute Gasteiger partial charge is 0.352 e. The average molecular weight is 458 g/mol. The Labute approximate surface area is 174 Å². The Balaban J connectivity index is 1.67. The van der Waals surface area contributed by atoms with Gasteiger partial charge in [-0.3, -0.25) is 19.7 Å². The van der Waals surface area contributed by atoms with E-state index in [1.165, 1.54) is 0 Å². The van der Waals surface area contributed by atoms with Gasteiger partial charge < -0.3 is 4.90 Å². The Kier molecular flexibility index (Phi) is 3.96. The molecule has 2 amide bonds. The van der Waals surface area contributed by atoms with Gasteiger partial charge in [0.05, 0.1) is 17.9 Å². The topological polar surface area (TPSA) is 66.5 Å². The maximum atomic E-state index is 13.5. The number of fused-ring (bicyclic) bond motifs is 5. The third-order valence-electron chi connectivity index (χ3n) is 5.71. The summed E-state index contributed by atoms with van der Waals surface area (Å²) in [6.45, 7) is 0. The number of benzene rings is 2. The summed E-state index contributed by atoms with van der Waals surface area (Å²) in [5.74, 6) is -2.23. The van der Waals surface area contributed by atoms with E-state index in [1.54, 1.807) is 36.4 Å². The molecule has 0 bridgehead atoms. The maximum Gasteiger partial charge on any atom is 0.233 e. The van der Waals surface area contributed by atoms with Gasteiger partial charge in [-0.1, -0.05) is 57.9 Å². The third-order valence-corrected chi connectivity index (χ3v) is 6.47. The summed E-state index contributed by atoms with van der Waals surface area (Å²) in [5.41, 5.74) is 2.17. The van der Waals surface area contributed by atoms with Gasteiger partial charge in [0.2, 0.25) is 11.8 Å². The number of nitrogens with zero attached hydrogens (tertiary/aromatic N) is 1. The quantitative estimate of drug-likeness (QED) is 0.554. The molecule has 0 aromatic heterocycles. The van der Waals surface area contributed by atoms with Crippen molar-refractivity contribution in [1.29, 1.82) is 0 Å². The SMILES string of the molecule is O=C1NC(=O)C2C1C1C=Cc3ccc(Cl)cc3N1C2C(=O)c1ccc(Br)cc1. The van der Waals surface area contributed by atoms with E-state index in [1.807, 2.05) is 23.1 Å². The Morgan fingerprint density at radius 2 is 1.75 bits per heavy atom. The molecule has 5 nitrogen and oxygen atoms in total. The second-order valence-electron chi connectivity index (χ2n) is 7.18. The van der Waals surface area contributed by atoms with Gasteiger partial charge >= 0.3 is 0 Å². The lowest BCUT2D eigenvalue weighted by Gasteiger charge is -2.36. The molecule has 28 heavy (non-hydrogen) atoms. The van der Waals surface area contributed by atoms with E-state index in [9.17, 15) is 14.4 Å². The highest BCUT2D eigenvalue weighted by atomic mass is 79.9. The molecule has 0 spiro atoms. The van der Waals surface area contributed by atoms with Crippen LogP contribution >= 0.6 is 27.5 Å². The van der Waals surface area contributed by atoms with Crippen molar-refractivity contribution in [1.82, 2.24) is 5.32 Å². The summed E-state index contributed by atoms with van der Waals surface area (Å²) in [6, 6.07) is 11.3. The van der Waals surface area contributed by atoms with Crippen molar-refractivity contribution in [3.63, 3.8) is 0 Å². The Morgan fingerprint density at radius 1 is 1.04 bits per heavy atom. The van der Waals surface area contributed by atoms with Gasteiger partial charge in [0.15, 0.2) is 5.78 Å². The van der Waals surface area contributed by atoms with Crippen LogP contribution in [-0.2, 0) is 9.59 Å². The number of imide groups is 1. The smallest absolute Gasteiger partial charge is 0.233 e. The van der Waals surface area contributed by atoms with Crippen molar-refractivity contribution >= 4 is 56.9 Å². The molecular formula is C21H14BrClN2O3. The molecule has 0 aliphatic carbocycles. The molecule has 140 valence electrons. The Bertz CT molecular complexity index is 1070. The molecule has 0 radical (unpaired) electrons. The van der Waals surface area contributed by atoms with Crippen LogP contribution in [0.25, 0.3) is 6.08 Å². The molecule has 2 aromatic rings. The fraction of sp³-hybridized carbons (Fsp3) is 0.190. The molecule has 3 heterocycles. The minimum absolute atomic E-state index is 0.184. The number of Topliss-reactive ketones (excluding diaryl/α,β-unsaturated/α-hetero) is 1. The molecule has 3 aliphatic heterocycles. The van der Waals surface area contributed by atoms with E-state index in [0.717, 1.165) is 15.7 Å². The number of carbonyl (C=O) groups is 3. The van der Waals surface area contributed by atoms with E-state index in [4.69, 9.17) is 11.6 Å². The van der Waals surface area contributed by atoms with E-state index in [2.05, 4.69) is 21.2 Å². The molecule has 7 heteroatoms. The Hall–Kier alpha value is -2.44. The van der Waals surface area contributed by atoms with Gasteiger partial charge in [0, 0.05) is 20.7 Å². The summed E-state index contributed by atoms with van der Waals surface area (Å²) >= 11 is 9.59. The summed E-state index contributed by atoms with van der Waals surface area (Å²) in [5, 5.41) is 2.95. The van der Waals surface area contributed by atoms with Crippen LogP contribution in [0.1, 0.15) is 15.9 Å². The van der Waals surface area contributed by atoms with Gasteiger partial charge in [0.1, 0.15) is 6.04 Å². The number of rotatable bonds is 2. The van der Waals surface area contributed by atoms with Gasteiger partial charge in [0.25, 0.3) is 0 Å². The van der Waals surface area contributed by atoms with Crippen molar-refractivity contribution in [2.75, 3.05) is 4.90 Å². The number of hydrogen-bond donors (Lipinski definition) is 1. The third kappa shape index (κ3) is 2.48. The van der Waals surface area contributed by atoms with Crippen molar-refractivity contribution in [2.24, 2.45) is 11.8 Å². The molecule has 3 aliphatic rings. The van der Waals surface area contributed by atoms with E-state index in [0.29, 0.717) is 10.6 Å². The van der Waals surface area contributed by atoms with E-state index < -0.39 is 23.8 Å². The lowest BCUT2D eigenvalue weighted by atomic mass is 9.86. The van der Waals surface area contributed by atoms with Crippen molar-refractivity contribution in [3.05, 3.63) is 69.2 Å². The highest BCUT2D eigenvalue weighted by Gasteiger charge is 2.61. The van der Waals surface area contributed by atoms with Crippen LogP contribution in [0, 0.1) is 11.8 Å². The predicted molar refractivity (Wildman–Crippen MR) is 109 cm³/mol. The van der Waals surface area contributed by atoms with Crippen LogP contribution in [0.15, 0.2) is 53.0 Å². The van der Waals surface area contributed by atoms with Crippen molar-refractivity contribution in [3.8, 4) is 0 Å². The lowest BCUT2D eigenvalue weighted by Crippen LogP contribution is -2.47. The summed E-state index contributed by atoms with van der Waals surface area (Å²) in [6.07, 6.45) is 3.83. The minimum atomic E-state index is -0.773. The molecule has 0 saturated carbocycles. The van der Waals surface area contributed by atoms with Crippen LogP contribution in [-0.4, -0.2) is 29.7 Å². The molecule has 4 atom stereocenters. The molecular weight excluding hydrogens is 444 g/mol. The average Bonchev–Trinajstić information content (AvgIpc) is 3.17. The Morgan fingerprint density at radius 3 is 2.50 bits per heavy atom.